The van der Waals surface area contributed by atoms with Crippen LogP contribution in [0.5, 0.6) is 5.75 Å². The second-order valence-corrected chi connectivity index (χ2v) is 7.88. The standard InChI is InChI=1S/C15H22N2O3S/c1-17(14-4-2-3-12(14)10-16)21(18,19)13-5-6-15-11(9-13)7-8-20-15/h5-6,9,12,14H,2-4,7-8,10,16H2,1H3. The summed E-state index contributed by atoms with van der Waals surface area (Å²) in [6.45, 7) is 1.18. The van der Waals surface area contributed by atoms with Crippen LogP contribution in [0, 0.1) is 5.92 Å². The van der Waals surface area contributed by atoms with E-state index in [4.69, 9.17) is 10.5 Å². The molecule has 0 saturated heterocycles. The van der Waals surface area contributed by atoms with Crippen molar-refractivity contribution in [3.05, 3.63) is 23.8 Å². The van der Waals surface area contributed by atoms with Gasteiger partial charge in [-0.3, -0.25) is 0 Å². The number of benzene rings is 1. The zero-order valence-corrected chi connectivity index (χ0v) is 13.1. The van der Waals surface area contributed by atoms with Crippen molar-refractivity contribution in [2.45, 2.75) is 36.6 Å². The molecule has 2 unspecified atom stereocenters. The lowest BCUT2D eigenvalue weighted by Crippen LogP contribution is -2.41. The highest BCUT2D eigenvalue weighted by atomic mass is 32.2. The van der Waals surface area contributed by atoms with Crippen molar-refractivity contribution in [3.63, 3.8) is 0 Å². The normalized spacial score (nSPS) is 25.1. The molecule has 1 aliphatic carbocycles. The van der Waals surface area contributed by atoms with Crippen LogP contribution in [-0.4, -0.2) is 39.0 Å². The first-order valence-corrected chi connectivity index (χ1v) is 8.92. The Kier molecular flexibility index (Phi) is 3.94. The average molecular weight is 310 g/mol. The Morgan fingerprint density at radius 3 is 2.95 bits per heavy atom. The van der Waals surface area contributed by atoms with Crippen molar-refractivity contribution in [2.75, 3.05) is 20.2 Å². The SMILES string of the molecule is CN(C1CCCC1CN)S(=O)(=O)c1ccc2c(c1)CCO2. The summed E-state index contributed by atoms with van der Waals surface area (Å²) in [6, 6.07) is 5.17. The first kappa shape index (κ1) is 14.8. The predicted molar refractivity (Wildman–Crippen MR) is 80.8 cm³/mol. The summed E-state index contributed by atoms with van der Waals surface area (Å²) in [5, 5.41) is 0. The van der Waals surface area contributed by atoms with Crippen LogP contribution in [0.3, 0.4) is 0 Å². The molecule has 1 saturated carbocycles. The van der Waals surface area contributed by atoms with E-state index in [1.54, 1.807) is 25.2 Å². The highest BCUT2D eigenvalue weighted by Gasteiger charge is 2.36. The highest BCUT2D eigenvalue weighted by molar-refractivity contribution is 7.89. The minimum absolute atomic E-state index is 0.0181. The number of nitrogens with zero attached hydrogens (tertiary/aromatic N) is 1. The molecule has 1 fully saturated rings. The van der Waals surface area contributed by atoms with Gasteiger partial charge in [-0.25, -0.2) is 8.42 Å². The lowest BCUT2D eigenvalue weighted by atomic mass is 10.0. The fourth-order valence-electron chi connectivity index (χ4n) is 3.44. The number of hydrogen-bond donors (Lipinski definition) is 1. The quantitative estimate of drug-likeness (QED) is 0.911. The van der Waals surface area contributed by atoms with Gasteiger partial charge in [0.15, 0.2) is 0 Å². The third-order valence-electron chi connectivity index (χ3n) is 4.73. The molecule has 116 valence electrons. The number of fused-ring (bicyclic) bond motifs is 1. The van der Waals surface area contributed by atoms with Crippen molar-refractivity contribution in [3.8, 4) is 5.75 Å². The van der Waals surface area contributed by atoms with E-state index < -0.39 is 10.0 Å². The molecular weight excluding hydrogens is 288 g/mol. The summed E-state index contributed by atoms with van der Waals surface area (Å²) in [6.07, 6.45) is 3.73. The lowest BCUT2D eigenvalue weighted by Gasteiger charge is -2.28. The molecule has 0 aromatic heterocycles. The third-order valence-corrected chi connectivity index (χ3v) is 6.61. The summed E-state index contributed by atoms with van der Waals surface area (Å²) < 4.78 is 32.6. The van der Waals surface area contributed by atoms with Gasteiger partial charge in [0, 0.05) is 19.5 Å². The maximum absolute atomic E-state index is 12.8. The Morgan fingerprint density at radius 2 is 2.19 bits per heavy atom. The third kappa shape index (κ3) is 2.56. The molecular formula is C15H22N2O3S. The van der Waals surface area contributed by atoms with Gasteiger partial charge in [0.1, 0.15) is 5.75 Å². The van der Waals surface area contributed by atoms with Crippen LogP contribution in [0.1, 0.15) is 24.8 Å². The van der Waals surface area contributed by atoms with E-state index in [1.165, 1.54) is 4.31 Å². The second kappa shape index (κ2) is 5.59. The van der Waals surface area contributed by atoms with Crippen molar-refractivity contribution in [1.82, 2.24) is 4.31 Å². The van der Waals surface area contributed by atoms with Crippen LogP contribution in [0.2, 0.25) is 0 Å². The summed E-state index contributed by atoms with van der Waals surface area (Å²) in [5.41, 5.74) is 6.76. The second-order valence-electron chi connectivity index (χ2n) is 5.88. The van der Waals surface area contributed by atoms with Crippen molar-refractivity contribution < 1.29 is 13.2 Å². The first-order chi connectivity index (χ1) is 10.0. The monoisotopic (exact) mass is 310 g/mol. The van der Waals surface area contributed by atoms with Gasteiger partial charge in [0.2, 0.25) is 10.0 Å². The van der Waals surface area contributed by atoms with Crippen LogP contribution in [0.15, 0.2) is 23.1 Å². The molecule has 1 aliphatic heterocycles. The molecule has 2 atom stereocenters. The van der Waals surface area contributed by atoms with Crippen molar-refractivity contribution in [1.29, 1.82) is 0 Å². The molecule has 1 aromatic carbocycles. The summed E-state index contributed by atoms with van der Waals surface area (Å²) >= 11 is 0. The maximum atomic E-state index is 12.8. The van der Waals surface area contributed by atoms with E-state index in [0.717, 1.165) is 37.0 Å². The van der Waals surface area contributed by atoms with Gasteiger partial charge in [-0.05, 0) is 49.1 Å². The molecule has 0 amide bonds. The fourth-order valence-corrected chi connectivity index (χ4v) is 4.94. The van der Waals surface area contributed by atoms with Gasteiger partial charge in [-0.1, -0.05) is 6.42 Å². The Balaban J connectivity index is 1.89. The van der Waals surface area contributed by atoms with Gasteiger partial charge in [-0.15, -0.1) is 0 Å². The molecule has 0 spiro atoms. The van der Waals surface area contributed by atoms with Crippen LogP contribution in [0.25, 0.3) is 0 Å². The van der Waals surface area contributed by atoms with E-state index >= 15 is 0 Å². The average Bonchev–Trinajstić information content (AvgIpc) is 3.13. The smallest absolute Gasteiger partial charge is 0.243 e. The molecule has 5 nitrogen and oxygen atoms in total. The minimum Gasteiger partial charge on any atom is -0.493 e. The number of nitrogens with two attached hydrogens (primary N) is 1. The summed E-state index contributed by atoms with van der Waals surface area (Å²) in [4.78, 5) is 0.358. The van der Waals surface area contributed by atoms with Crippen LogP contribution < -0.4 is 10.5 Å². The topological polar surface area (TPSA) is 72.6 Å². The molecule has 1 heterocycles. The summed E-state index contributed by atoms with van der Waals surface area (Å²) in [5.74, 6) is 1.07. The minimum atomic E-state index is -3.46. The summed E-state index contributed by atoms with van der Waals surface area (Å²) in [7, 11) is -1.79. The van der Waals surface area contributed by atoms with Crippen LogP contribution >= 0.6 is 0 Å². The predicted octanol–water partition coefficient (Wildman–Crippen LogP) is 1.37. The zero-order valence-electron chi connectivity index (χ0n) is 12.3. The van der Waals surface area contributed by atoms with Crippen LogP contribution in [-0.2, 0) is 16.4 Å². The number of sulfonamides is 1. The van der Waals surface area contributed by atoms with E-state index in [-0.39, 0.29) is 12.0 Å². The van der Waals surface area contributed by atoms with Gasteiger partial charge in [-0.2, -0.15) is 4.31 Å². The fraction of sp³-hybridized carbons (Fsp3) is 0.600. The van der Waals surface area contributed by atoms with E-state index in [9.17, 15) is 8.42 Å². The maximum Gasteiger partial charge on any atom is 0.243 e. The molecule has 2 aliphatic rings. The number of rotatable bonds is 4. The Hall–Kier alpha value is -1.11. The zero-order chi connectivity index (χ0) is 15.0. The first-order valence-electron chi connectivity index (χ1n) is 7.48. The van der Waals surface area contributed by atoms with Crippen LogP contribution in [0.4, 0.5) is 0 Å². The molecule has 3 rings (SSSR count). The van der Waals surface area contributed by atoms with Gasteiger partial charge in [0.05, 0.1) is 11.5 Å². The Bertz CT molecular complexity index is 630. The molecule has 2 N–H and O–H groups in total. The number of ether oxygens (including phenoxy) is 1. The number of hydrogen-bond acceptors (Lipinski definition) is 4. The van der Waals surface area contributed by atoms with Gasteiger partial charge >= 0.3 is 0 Å². The highest BCUT2D eigenvalue weighted by Crippen LogP contribution is 2.33. The van der Waals surface area contributed by atoms with Gasteiger partial charge in [0.25, 0.3) is 0 Å². The van der Waals surface area contributed by atoms with E-state index in [2.05, 4.69) is 0 Å². The Morgan fingerprint density at radius 1 is 1.38 bits per heavy atom. The largest absolute Gasteiger partial charge is 0.493 e. The molecule has 6 heteroatoms. The van der Waals surface area contributed by atoms with Gasteiger partial charge < -0.3 is 10.5 Å². The molecule has 0 radical (unpaired) electrons. The molecule has 0 bridgehead atoms. The van der Waals surface area contributed by atoms with E-state index in [0.29, 0.717) is 18.0 Å². The van der Waals surface area contributed by atoms with Crippen molar-refractivity contribution in [2.24, 2.45) is 11.7 Å². The lowest BCUT2D eigenvalue weighted by molar-refractivity contribution is 0.304. The van der Waals surface area contributed by atoms with E-state index in [1.807, 2.05) is 0 Å². The molecule has 21 heavy (non-hydrogen) atoms. The van der Waals surface area contributed by atoms with Crippen molar-refractivity contribution >= 4 is 10.0 Å². The molecule has 1 aromatic rings. The Labute approximate surface area is 126 Å².